The molecule has 0 aliphatic carbocycles. The highest BCUT2D eigenvalue weighted by Gasteiger charge is 2.04. The highest BCUT2D eigenvalue weighted by Crippen LogP contribution is 2.12. The minimum atomic E-state index is -1.23. The zero-order chi connectivity index (χ0) is 8.27. The first-order chi connectivity index (χ1) is 5.24. The molecule has 0 aliphatic rings. The van der Waals surface area contributed by atoms with Crippen LogP contribution in [0.3, 0.4) is 0 Å². The van der Waals surface area contributed by atoms with Crippen molar-refractivity contribution < 1.29 is 9.50 Å². The first kappa shape index (κ1) is 7.70. The van der Waals surface area contributed by atoms with Crippen LogP contribution < -0.4 is 0 Å². The SMILES string of the molecule is N#C[C@H](O)c1cccc(F)c1. The molecule has 0 aromatic heterocycles. The van der Waals surface area contributed by atoms with E-state index in [0.717, 1.165) is 6.07 Å². The average molecular weight is 151 g/mol. The van der Waals surface area contributed by atoms with Gasteiger partial charge < -0.3 is 5.11 Å². The predicted molar refractivity (Wildman–Crippen MR) is 37.0 cm³/mol. The van der Waals surface area contributed by atoms with Crippen molar-refractivity contribution in [3.8, 4) is 6.07 Å². The molecular weight excluding hydrogens is 145 g/mol. The molecule has 0 aliphatic heterocycles. The van der Waals surface area contributed by atoms with E-state index >= 15 is 0 Å². The van der Waals surface area contributed by atoms with Gasteiger partial charge in [0.05, 0.1) is 6.07 Å². The second-order valence-electron chi connectivity index (χ2n) is 2.09. The molecule has 1 atom stereocenters. The molecule has 1 rings (SSSR count). The molecule has 0 spiro atoms. The van der Waals surface area contributed by atoms with Crippen molar-refractivity contribution in [2.24, 2.45) is 0 Å². The summed E-state index contributed by atoms with van der Waals surface area (Å²) in [5.41, 5.74) is 0.285. The van der Waals surface area contributed by atoms with Crippen LogP contribution in [0.1, 0.15) is 11.7 Å². The van der Waals surface area contributed by atoms with Crippen molar-refractivity contribution in [2.75, 3.05) is 0 Å². The molecule has 0 unspecified atom stereocenters. The van der Waals surface area contributed by atoms with Crippen molar-refractivity contribution in [2.45, 2.75) is 6.10 Å². The Morgan fingerprint density at radius 2 is 2.27 bits per heavy atom. The van der Waals surface area contributed by atoms with Gasteiger partial charge in [-0.05, 0) is 17.7 Å². The highest BCUT2D eigenvalue weighted by atomic mass is 19.1. The number of benzene rings is 1. The van der Waals surface area contributed by atoms with Gasteiger partial charge in [-0.25, -0.2) is 4.39 Å². The summed E-state index contributed by atoms with van der Waals surface area (Å²) in [7, 11) is 0. The van der Waals surface area contributed by atoms with E-state index in [1.165, 1.54) is 18.2 Å². The monoisotopic (exact) mass is 151 g/mol. The lowest BCUT2D eigenvalue weighted by atomic mass is 10.1. The van der Waals surface area contributed by atoms with Crippen LogP contribution in [0.25, 0.3) is 0 Å². The topological polar surface area (TPSA) is 44.0 Å². The molecule has 0 saturated carbocycles. The van der Waals surface area contributed by atoms with E-state index in [1.807, 2.05) is 0 Å². The van der Waals surface area contributed by atoms with Crippen LogP contribution in [0.15, 0.2) is 24.3 Å². The third kappa shape index (κ3) is 1.76. The van der Waals surface area contributed by atoms with Gasteiger partial charge in [-0.3, -0.25) is 0 Å². The molecule has 0 radical (unpaired) electrons. The molecule has 3 heteroatoms. The van der Waals surface area contributed by atoms with Gasteiger partial charge in [0, 0.05) is 0 Å². The van der Waals surface area contributed by atoms with Crippen molar-refractivity contribution in [3.63, 3.8) is 0 Å². The molecule has 1 aromatic carbocycles. The number of hydrogen-bond donors (Lipinski definition) is 1. The van der Waals surface area contributed by atoms with Gasteiger partial charge in [0.1, 0.15) is 5.82 Å². The second kappa shape index (κ2) is 3.13. The Morgan fingerprint density at radius 3 is 2.82 bits per heavy atom. The Labute approximate surface area is 63.5 Å². The Kier molecular flexibility index (Phi) is 2.19. The molecular formula is C8H6FNO. The second-order valence-corrected chi connectivity index (χ2v) is 2.09. The number of nitrogens with zero attached hydrogens (tertiary/aromatic N) is 1. The maximum absolute atomic E-state index is 12.4. The van der Waals surface area contributed by atoms with E-state index in [2.05, 4.69) is 0 Å². The van der Waals surface area contributed by atoms with Crippen LogP contribution in [0.2, 0.25) is 0 Å². The molecule has 56 valence electrons. The Hall–Kier alpha value is -1.40. The van der Waals surface area contributed by atoms with Crippen LogP contribution in [0.5, 0.6) is 0 Å². The number of aliphatic hydroxyl groups is 1. The van der Waals surface area contributed by atoms with E-state index < -0.39 is 11.9 Å². The molecule has 11 heavy (non-hydrogen) atoms. The standard InChI is InChI=1S/C8H6FNO/c9-7-3-1-2-6(4-7)8(11)5-10/h1-4,8,11H/t8-/m0/s1. The van der Waals surface area contributed by atoms with Crippen molar-refractivity contribution in [1.29, 1.82) is 5.26 Å². The largest absolute Gasteiger partial charge is 0.374 e. The van der Waals surface area contributed by atoms with Gasteiger partial charge in [-0.15, -0.1) is 0 Å². The Bertz CT molecular complexity index is 292. The summed E-state index contributed by atoms with van der Waals surface area (Å²) in [4.78, 5) is 0. The molecule has 0 fully saturated rings. The van der Waals surface area contributed by atoms with Gasteiger partial charge in [-0.1, -0.05) is 12.1 Å². The van der Waals surface area contributed by atoms with E-state index in [1.54, 1.807) is 6.07 Å². The maximum Gasteiger partial charge on any atom is 0.166 e. The summed E-state index contributed by atoms with van der Waals surface area (Å²) in [6.45, 7) is 0. The summed E-state index contributed by atoms with van der Waals surface area (Å²) in [6, 6.07) is 6.93. The summed E-state index contributed by atoms with van der Waals surface area (Å²) >= 11 is 0. The van der Waals surface area contributed by atoms with E-state index in [9.17, 15) is 4.39 Å². The fourth-order valence-electron chi connectivity index (χ4n) is 0.751. The number of aliphatic hydroxyl groups excluding tert-OH is 1. The van der Waals surface area contributed by atoms with Gasteiger partial charge in [0.15, 0.2) is 6.10 Å². The quantitative estimate of drug-likeness (QED) is 0.616. The highest BCUT2D eigenvalue weighted by molar-refractivity contribution is 5.22. The van der Waals surface area contributed by atoms with Crippen LogP contribution in [0, 0.1) is 17.1 Å². The van der Waals surface area contributed by atoms with Crippen LogP contribution in [-0.2, 0) is 0 Å². The number of nitriles is 1. The molecule has 0 bridgehead atoms. The average Bonchev–Trinajstić information content (AvgIpc) is 2.03. The number of hydrogen-bond acceptors (Lipinski definition) is 2. The summed E-state index contributed by atoms with van der Waals surface area (Å²) in [5, 5.41) is 17.2. The Morgan fingerprint density at radius 1 is 1.55 bits per heavy atom. The lowest BCUT2D eigenvalue weighted by Gasteiger charge is -1.99. The van der Waals surface area contributed by atoms with Crippen molar-refractivity contribution >= 4 is 0 Å². The summed E-state index contributed by atoms with van der Waals surface area (Å²) in [5.74, 6) is -0.447. The fourth-order valence-corrected chi connectivity index (χ4v) is 0.751. The first-order valence-corrected chi connectivity index (χ1v) is 3.07. The lowest BCUT2D eigenvalue weighted by Crippen LogP contribution is -1.92. The zero-order valence-electron chi connectivity index (χ0n) is 5.66. The minimum Gasteiger partial charge on any atom is -0.374 e. The van der Waals surface area contributed by atoms with Gasteiger partial charge >= 0.3 is 0 Å². The summed E-state index contributed by atoms with van der Waals surface area (Å²) in [6.07, 6.45) is -1.23. The smallest absolute Gasteiger partial charge is 0.166 e. The molecule has 1 aromatic rings. The third-order valence-electron chi connectivity index (χ3n) is 1.29. The van der Waals surface area contributed by atoms with Crippen LogP contribution in [-0.4, -0.2) is 5.11 Å². The molecule has 0 saturated heterocycles. The Balaban J connectivity index is 2.98. The number of halogens is 1. The van der Waals surface area contributed by atoms with Crippen LogP contribution in [0.4, 0.5) is 4.39 Å². The lowest BCUT2D eigenvalue weighted by molar-refractivity contribution is 0.235. The van der Waals surface area contributed by atoms with Gasteiger partial charge in [-0.2, -0.15) is 5.26 Å². The van der Waals surface area contributed by atoms with Gasteiger partial charge in [0.25, 0.3) is 0 Å². The molecule has 2 nitrogen and oxygen atoms in total. The third-order valence-corrected chi connectivity index (χ3v) is 1.29. The minimum absolute atomic E-state index is 0.285. The number of rotatable bonds is 1. The normalized spacial score (nSPS) is 12.1. The van der Waals surface area contributed by atoms with Crippen LogP contribution >= 0.6 is 0 Å². The molecule has 0 amide bonds. The van der Waals surface area contributed by atoms with Gasteiger partial charge in [0.2, 0.25) is 0 Å². The van der Waals surface area contributed by atoms with E-state index in [-0.39, 0.29) is 5.56 Å². The van der Waals surface area contributed by atoms with E-state index in [4.69, 9.17) is 10.4 Å². The predicted octanol–water partition coefficient (Wildman–Crippen LogP) is 1.38. The summed E-state index contributed by atoms with van der Waals surface area (Å²) < 4.78 is 12.4. The molecule has 0 heterocycles. The van der Waals surface area contributed by atoms with Crippen molar-refractivity contribution in [3.05, 3.63) is 35.6 Å². The van der Waals surface area contributed by atoms with E-state index in [0.29, 0.717) is 0 Å². The zero-order valence-corrected chi connectivity index (χ0v) is 5.66. The first-order valence-electron chi connectivity index (χ1n) is 3.07. The fraction of sp³-hybridized carbons (Fsp3) is 0.125. The van der Waals surface area contributed by atoms with Crippen molar-refractivity contribution in [1.82, 2.24) is 0 Å². The molecule has 1 N–H and O–H groups in total. The maximum atomic E-state index is 12.4.